The summed E-state index contributed by atoms with van der Waals surface area (Å²) in [5, 5.41) is 3.96. The van der Waals surface area contributed by atoms with Gasteiger partial charge in [0.2, 0.25) is 0 Å². The number of carbonyl (C=O) groups excluding carboxylic acids is 2. The summed E-state index contributed by atoms with van der Waals surface area (Å²) < 4.78 is 17.2. The molecule has 0 aliphatic rings. The minimum atomic E-state index is -0.505. The Morgan fingerprint density at radius 1 is 0.865 bits per heavy atom. The molecule has 0 fully saturated rings. The van der Waals surface area contributed by atoms with Gasteiger partial charge in [0.1, 0.15) is 5.75 Å². The Balaban J connectivity index is 1.28. The summed E-state index contributed by atoms with van der Waals surface area (Å²) in [6, 6.07) is 29.3. The first-order valence-electron chi connectivity index (χ1n) is 11.3. The quantitative estimate of drug-likeness (QED) is 0.120. The molecule has 186 valence electrons. The van der Waals surface area contributed by atoms with Crippen molar-refractivity contribution in [3.8, 4) is 28.4 Å². The first-order valence-corrected chi connectivity index (χ1v) is 12.1. The molecule has 0 aliphatic heterocycles. The zero-order valence-electron chi connectivity index (χ0n) is 19.9. The maximum absolute atomic E-state index is 12.4. The minimum Gasteiger partial charge on any atom is -0.493 e. The van der Waals surface area contributed by atoms with Gasteiger partial charge in [-0.05, 0) is 71.3 Å². The molecule has 0 aromatic heterocycles. The summed E-state index contributed by atoms with van der Waals surface area (Å²) in [7, 11) is 1.47. The van der Waals surface area contributed by atoms with Gasteiger partial charge in [-0.15, -0.1) is 0 Å². The van der Waals surface area contributed by atoms with Crippen molar-refractivity contribution in [3.05, 3.63) is 113 Å². The number of nitrogens with one attached hydrogen (secondary N) is 1. The number of ether oxygens (including phenoxy) is 3. The van der Waals surface area contributed by atoms with E-state index in [4.69, 9.17) is 14.2 Å². The Bertz CT molecular complexity index is 1390. The molecule has 0 bridgehead atoms. The molecule has 37 heavy (non-hydrogen) atoms. The maximum atomic E-state index is 12.4. The standard InChI is InChI=1S/C29H23BrN2O5/c1-35-27-17-20(7-16-26(27)37-29(34)23-8-12-24(30)13-9-23)18-31-32-28(33)19-36-25-14-10-22(11-15-25)21-5-3-2-4-6-21/h2-18H,19H2,1H3,(H,32,33). The Morgan fingerprint density at radius 3 is 2.27 bits per heavy atom. The highest BCUT2D eigenvalue weighted by Gasteiger charge is 2.13. The number of carbonyl (C=O) groups is 2. The molecule has 4 rings (SSSR count). The van der Waals surface area contributed by atoms with E-state index in [0.29, 0.717) is 22.6 Å². The van der Waals surface area contributed by atoms with Crippen molar-refractivity contribution >= 4 is 34.0 Å². The van der Waals surface area contributed by atoms with Crippen LogP contribution in [0.25, 0.3) is 11.1 Å². The van der Waals surface area contributed by atoms with E-state index >= 15 is 0 Å². The molecule has 0 spiro atoms. The molecule has 0 atom stereocenters. The smallest absolute Gasteiger partial charge is 0.343 e. The molecule has 0 unspecified atom stereocenters. The zero-order valence-corrected chi connectivity index (χ0v) is 21.5. The molecule has 0 saturated heterocycles. The van der Waals surface area contributed by atoms with Gasteiger partial charge in [-0.1, -0.05) is 58.4 Å². The van der Waals surface area contributed by atoms with Gasteiger partial charge in [-0.2, -0.15) is 5.10 Å². The van der Waals surface area contributed by atoms with Gasteiger partial charge >= 0.3 is 5.97 Å². The van der Waals surface area contributed by atoms with Crippen molar-refractivity contribution in [3.63, 3.8) is 0 Å². The van der Waals surface area contributed by atoms with E-state index in [1.165, 1.54) is 13.3 Å². The molecule has 1 amide bonds. The number of methoxy groups -OCH3 is 1. The Kier molecular flexibility index (Phi) is 8.67. The summed E-state index contributed by atoms with van der Waals surface area (Å²) in [6.07, 6.45) is 1.45. The summed E-state index contributed by atoms with van der Waals surface area (Å²) in [6.45, 7) is -0.184. The van der Waals surface area contributed by atoms with Crippen molar-refractivity contribution in [2.45, 2.75) is 0 Å². The lowest BCUT2D eigenvalue weighted by molar-refractivity contribution is -0.123. The van der Waals surface area contributed by atoms with Gasteiger partial charge in [0.25, 0.3) is 5.91 Å². The predicted molar refractivity (Wildman–Crippen MR) is 145 cm³/mol. The van der Waals surface area contributed by atoms with Gasteiger partial charge in [-0.3, -0.25) is 4.79 Å². The topological polar surface area (TPSA) is 86.2 Å². The van der Waals surface area contributed by atoms with E-state index in [0.717, 1.165) is 15.6 Å². The fourth-order valence-corrected chi connectivity index (χ4v) is 3.59. The third kappa shape index (κ3) is 7.28. The molecule has 8 heteroatoms. The lowest BCUT2D eigenvalue weighted by atomic mass is 10.1. The molecule has 0 aliphatic carbocycles. The van der Waals surface area contributed by atoms with Crippen molar-refractivity contribution in [2.24, 2.45) is 5.10 Å². The van der Waals surface area contributed by atoms with Crippen LogP contribution in [0.5, 0.6) is 17.2 Å². The predicted octanol–water partition coefficient (Wildman–Crippen LogP) is 5.87. The second-order valence-corrected chi connectivity index (χ2v) is 8.69. The molecule has 7 nitrogen and oxygen atoms in total. The number of hydrogen-bond donors (Lipinski definition) is 1. The number of rotatable bonds is 9. The summed E-state index contributed by atoms with van der Waals surface area (Å²) in [5.41, 5.74) is 5.64. The fourth-order valence-electron chi connectivity index (χ4n) is 3.33. The van der Waals surface area contributed by atoms with Gasteiger partial charge in [-0.25, -0.2) is 10.2 Å². The third-order valence-electron chi connectivity index (χ3n) is 5.20. The first-order chi connectivity index (χ1) is 18.0. The van der Waals surface area contributed by atoms with Crippen LogP contribution in [-0.4, -0.2) is 31.8 Å². The SMILES string of the molecule is COc1cc(C=NNC(=O)COc2ccc(-c3ccccc3)cc2)ccc1OC(=O)c1ccc(Br)cc1. The Hall–Kier alpha value is -4.43. The van der Waals surface area contributed by atoms with Crippen molar-refractivity contribution in [1.82, 2.24) is 5.43 Å². The van der Waals surface area contributed by atoms with Crippen LogP contribution in [0.2, 0.25) is 0 Å². The molecule has 0 radical (unpaired) electrons. The second kappa shape index (κ2) is 12.5. The number of halogens is 1. The number of benzene rings is 4. The zero-order chi connectivity index (χ0) is 26.0. The Morgan fingerprint density at radius 2 is 1.57 bits per heavy atom. The molecule has 4 aromatic carbocycles. The molecular weight excluding hydrogens is 536 g/mol. The normalized spacial score (nSPS) is 10.6. The van der Waals surface area contributed by atoms with Crippen molar-refractivity contribution in [2.75, 3.05) is 13.7 Å². The molecule has 4 aromatic rings. The van der Waals surface area contributed by atoms with Crippen LogP contribution < -0.4 is 19.6 Å². The van der Waals surface area contributed by atoms with Crippen LogP contribution in [0.4, 0.5) is 0 Å². The summed E-state index contributed by atoms with van der Waals surface area (Å²) in [5.74, 6) is 0.285. The van der Waals surface area contributed by atoms with E-state index < -0.39 is 11.9 Å². The highest BCUT2D eigenvalue weighted by atomic mass is 79.9. The van der Waals surface area contributed by atoms with E-state index in [-0.39, 0.29) is 12.4 Å². The van der Waals surface area contributed by atoms with Crippen molar-refractivity contribution in [1.29, 1.82) is 0 Å². The molecular formula is C29H23BrN2O5. The summed E-state index contributed by atoms with van der Waals surface area (Å²) >= 11 is 3.33. The highest BCUT2D eigenvalue weighted by molar-refractivity contribution is 9.10. The van der Waals surface area contributed by atoms with Crippen LogP contribution in [0.15, 0.2) is 107 Å². The van der Waals surface area contributed by atoms with Crippen molar-refractivity contribution < 1.29 is 23.8 Å². The second-order valence-electron chi connectivity index (χ2n) is 7.78. The van der Waals surface area contributed by atoms with E-state index in [2.05, 4.69) is 26.5 Å². The van der Waals surface area contributed by atoms with Crippen LogP contribution in [-0.2, 0) is 4.79 Å². The number of hydrazone groups is 1. The van der Waals surface area contributed by atoms with Gasteiger partial charge in [0, 0.05) is 4.47 Å². The van der Waals surface area contributed by atoms with Gasteiger partial charge < -0.3 is 14.2 Å². The molecule has 0 heterocycles. The average Bonchev–Trinajstić information content (AvgIpc) is 2.93. The van der Waals surface area contributed by atoms with Crippen LogP contribution in [0.3, 0.4) is 0 Å². The third-order valence-corrected chi connectivity index (χ3v) is 5.73. The number of hydrogen-bond acceptors (Lipinski definition) is 6. The van der Waals surface area contributed by atoms with Crippen LogP contribution in [0.1, 0.15) is 15.9 Å². The van der Waals surface area contributed by atoms with E-state index in [9.17, 15) is 9.59 Å². The molecule has 1 N–H and O–H groups in total. The fraction of sp³-hybridized carbons (Fsp3) is 0.0690. The Labute approximate surface area is 222 Å². The van der Waals surface area contributed by atoms with E-state index in [1.807, 2.05) is 54.6 Å². The minimum absolute atomic E-state index is 0.184. The highest BCUT2D eigenvalue weighted by Crippen LogP contribution is 2.28. The average molecular weight is 559 g/mol. The lowest BCUT2D eigenvalue weighted by Crippen LogP contribution is -2.24. The van der Waals surface area contributed by atoms with E-state index in [1.54, 1.807) is 42.5 Å². The maximum Gasteiger partial charge on any atom is 0.343 e. The van der Waals surface area contributed by atoms with Gasteiger partial charge in [0.15, 0.2) is 18.1 Å². The van der Waals surface area contributed by atoms with Gasteiger partial charge in [0.05, 0.1) is 18.9 Å². The molecule has 0 saturated carbocycles. The number of esters is 1. The summed E-state index contributed by atoms with van der Waals surface area (Å²) in [4.78, 5) is 24.5. The first kappa shape index (κ1) is 25.7. The monoisotopic (exact) mass is 558 g/mol. The van der Waals surface area contributed by atoms with Crippen LogP contribution in [0, 0.1) is 0 Å². The van der Waals surface area contributed by atoms with Crippen LogP contribution >= 0.6 is 15.9 Å². The lowest BCUT2D eigenvalue weighted by Gasteiger charge is -2.10. The largest absolute Gasteiger partial charge is 0.493 e. The number of nitrogens with zero attached hydrogens (tertiary/aromatic N) is 1. The number of amides is 1.